The number of carboxylic acids is 1. The van der Waals surface area contributed by atoms with Gasteiger partial charge in [0.1, 0.15) is 6.61 Å². The van der Waals surface area contributed by atoms with Crippen molar-refractivity contribution in [3.63, 3.8) is 0 Å². The molecule has 5 heteroatoms. The molecular weight excluding hydrogens is 198 g/mol. The first-order valence-electron chi connectivity index (χ1n) is 4.55. The van der Waals surface area contributed by atoms with Gasteiger partial charge in [-0.1, -0.05) is 6.58 Å². The molecule has 1 unspecified atom stereocenters. The van der Waals surface area contributed by atoms with Crippen LogP contribution in [-0.4, -0.2) is 48.7 Å². The van der Waals surface area contributed by atoms with Gasteiger partial charge in [-0.05, 0) is 21.0 Å². The van der Waals surface area contributed by atoms with Crippen molar-refractivity contribution in [1.29, 1.82) is 0 Å². The Labute approximate surface area is 89.3 Å². The molecule has 0 saturated heterocycles. The zero-order valence-electron chi connectivity index (χ0n) is 9.32. The summed E-state index contributed by atoms with van der Waals surface area (Å²) in [5.74, 6) is -1.41. The van der Waals surface area contributed by atoms with Crippen LogP contribution in [0.3, 0.4) is 0 Å². The van der Waals surface area contributed by atoms with E-state index in [0.717, 1.165) is 0 Å². The van der Waals surface area contributed by atoms with E-state index in [1.54, 1.807) is 25.9 Å². The predicted octanol–water partition coefficient (Wildman–Crippen LogP) is 0.511. The maximum Gasteiger partial charge on any atom is 0.333 e. The fourth-order valence-electron chi connectivity index (χ4n) is 0.887. The molecule has 0 aromatic carbocycles. The van der Waals surface area contributed by atoms with E-state index in [2.05, 4.69) is 6.58 Å². The standard InChI is InChI=1S/C10H17NO4/c1-7(2)10(14)15-6-8(11(3)4)5-9(12)13/h8H,1,5-6H2,2-4H3,(H,12,13). The van der Waals surface area contributed by atoms with Crippen molar-refractivity contribution in [3.05, 3.63) is 12.2 Å². The van der Waals surface area contributed by atoms with Gasteiger partial charge in [-0.2, -0.15) is 0 Å². The molecule has 86 valence electrons. The van der Waals surface area contributed by atoms with Gasteiger partial charge in [0.15, 0.2) is 0 Å². The van der Waals surface area contributed by atoms with E-state index in [9.17, 15) is 9.59 Å². The second-order valence-corrected chi connectivity index (χ2v) is 3.59. The minimum atomic E-state index is -0.917. The van der Waals surface area contributed by atoms with Crippen LogP contribution in [0.2, 0.25) is 0 Å². The zero-order chi connectivity index (χ0) is 12.0. The maximum absolute atomic E-state index is 11.1. The van der Waals surface area contributed by atoms with Crippen LogP contribution in [0, 0.1) is 0 Å². The molecule has 0 heterocycles. The summed E-state index contributed by atoms with van der Waals surface area (Å²) in [6.07, 6.45) is -0.0591. The van der Waals surface area contributed by atoms with E-state index in [4.69, 9.17) is 9.84 Å². The third-order valence-corrected chi connectivity index (χ3v) is 1.90. The summed E-state index contributed by atoms with van der Waals surface area (Å²) in [6, 6.07) is -0.314. The van der Waals surface area contributed by atoms with Gasteiger partial charge in [0.25, 0.3) is 0 Å². The van der Waals surface area contributed by atoms with Gasteiger partial charge in [-0.15, -0.1) is 0 Å². The summed E-state index contributed by atoms with van der Waals surface area (Å²) in [5, 5.41) is 8.62. The third-order valence-electron chi connectivity index (χ3n) is 1.90. The van der Waals surface area contributed by atoms with Crippen LogP contribution in [0.1, 0.15) is 13.3 Å². The Morgan fingerprint density at radius 3 is 2.33 bits per heavy atom. The minimum Gasteiger partial charge on any atom is -0.481 e. The topological polar surface area (TPSA) is 66.8 Å². The van der Waals surface area contributed by atoms with Gasteiger partial charge in [-0.3, -0.25) is 4.79 Å². The number of ether oxygens (including phenoxy) is 1. The number of carboxylic acid groups (broad SMARTS) is 1. The Kier molecular flexibility index (Phi) is 5.62. The highest BCUT2D eigenvalue weighted by molar-refractivity contribution is 5.86. The van der Waals surface area contributed by atoms with Gasteiger partial charge in [0.2, 0.25) is 0 Å². The molecule has 0 spiro atoms. The van der Waals surface area contributed by atoms with E-state index in [1.807, 2.05) is 0 Å². The van der Waals surface area contributed by atoms with Crippen molar-refractivity contribution in [2.24, 2.45) is 0 Å². The van der Waals surface area contributed by atoms with Crippen LogP contribution < -0.4 is 0 Å². The highest BCUT2D eigenvalue weighted by Crippen LogP contribution is 2.02. The molecule has 0 aliphatic rings. The van der Waals surface area contributed by atoms with E-state index < -0.39 is 11.9 Å². The van der Waals surface area contributed by atoms with Crippen LogP contribution in [0.5, 0.6) is 0 Å². The normalized spacial score (nSPS) is 12.3. The first kappa shape index (κ1) is 13.6. The number of carbonyl (C=O) groups is 2. The molecule has 0 aliphatic carbocycles. The Bertz CT molecular complexity index is 260. The Morgan fingerprint density at radius 2 is 2.00 bits per heavy atom. The molecule has 15 heavy (non-hydrogen) atoms. The first-order valence-corrected chi connectivity index (χ1v) is 4.55. The van der Waals surface area contributed by atoms with Gasteiger partial charge >= 0.3 is 11.9 Å². The van der Waals surface area contributed by atoms with Crippen molar-refractivity contribution in [2.75, 3.05) is 20.7 Å². The number of nitrogens with zero attached hydrogens (tertiary/aromatic N) is 1. The number of rotatable bonds is 6. The molecule has 0 aromatic rings. The second kappa shape index (κ2) is 6.19. The molecule has 0 radical (unpaired) electrons. The summed E-state index contributed by atoms with van der Waals surface area (Å²) in [6.45, 7) is 5.04. The number of hydrogen-bond acceptors (Lipinski definition) is 4. The second-order valence-electron chi connectivity index (χ2n) is 3.59. The Balaban J connectivity index is 4.13. The monoisotopic (exact) mass is 215 g/mol. The molecule has 1 N–H and O–H groups in total. The molecule has 0 aromatic heterocycles. The first-order chi connectivity index (χ1) is 6.84. The van der Waals surface area contributed by atoms with Crippen LogP contribution in [0.4, 0.5) is 0 Å². The lowest BCUT2D eigenvalue weighted by Gasteiger charge is -2.22. The third kappa shape index (κ3) is 5.85. The maximum atomic E-state index is 11.1. The van der Waals surface area contributed by atoms with Crippen LogP contribution in [-0.2, 0) is 14.3 Å². The lowest BCUT2D eigenvalue weighted by atomic mass is 10.2. The van der Waals surface area contributed by atoms with Gasteiger partial charge in [-0.25, -0.2) is 4.79 Å². The molecule has 0 fully saturated rings. The van der Waals surface area contributed by atoms with E-state index in [-0.39, 0.29) is 19.1 Å². The van der Waals surface area contributed by atoms with Crippen LogP contribution >= 0.6 is 0 Å². The fraction of sp³-hybridized carbons (Fsp3) is 0.600. The van der Waals surface area contributed by atoms with Crippen LogP contribution in [0.15, 0.2) is 12.2 Å². The SMILES string of the molecule is C=C(C)C(=O)OCC(CC(=O)O)N(C)C. The number of esters is 1. The molecule has 0 saturated carbocycles. The number of likely N-dealkylation sites (N-methyl/N-ethyl adjacent to an activating group) is 1. The summed E-state index contributed by atoms with van der Waals surface area (Å²) < 4.78 is 4.88. The summed E-state index contributed by atoms with van der Waals surface area (Å²) >= 11 is 0. The van der Waals surface area contributed by atoms with E-state index in [1.165, 1.54) is 0 Å². The molecular formula is C10H17NO4. The van der Waals surface area contributed by atoms with Gasteiger partial charge < -0.3 is 14.7 Å². The number of aliphatic carboxylic acids is 1. The summed E-state index contributed by atoms with van der Waals surface area (Å²) in [4.78, 5) is 23.3. The molecule has 1 atom stereocenters. The van der Waals surface area contributed by atoms with Gasteiger partial charge in [0, 0.05) is 5.57 Å². The minimum absolute atomic E-state index is 0.0591. The molecule has 5 nitrogen and oxygen atoms in total. The fourth-order valence-corrected chi connectivity index (χ4v) is 0.887. The smallest absolute Gasteiger partial charge is 0.333 e. The van der Waals surface area contributed by atoms with Crippen LogP contribution in [0.25, 0.3) is 0 Å². The Morgan fingerprint density at radius 1 is 1.47 bits per heavy atom. The lowest BCUT2D eigenvalue weighted by molar-refractivity contribution is -0.144. The molecule has 0 amide bonds. The number of hydrogen-bond donors (Lipinski definition) is 1. The molecule has 0 rings (SSSR count). The number of carbonyl (C=O) groups excluding carboxylic acids is 1. The van der Waals surface area contributed by atoms with Crippen molar-refractivity contribution in [1.82, 2.24) is 4.90 Å². The summed E-state index contributed by atoms with van der Waals surface area (Å²) in [5.41, 5.74) is 0.308. The molecule has 0 bridgehead atoms. The van der Waals surface area contributed by atoms with Gasteiger partial charge in [0.05, 0.1) is 12.5 Å². The van der Waals surface area contributed by atoms with E-state index in [0.29, 0.717) is 5.57 Å². The average Bonchev–Trinajstić information content (AvgIpc) is 2.10. The molecule has 0 aliphatic heterocycles. The zero-order valence-corrected chi connectivity index (χ0v) is 9.32. The predicted molar refractivity (Wildman–Crippen MR) is 55.5 cm³/mol. The highest BCUT2D eigenvalue weighted by Gasteiger charge is 2.17. The van der Waals surface area contributed by atoms with Crippen molar-refractivity contribution in [2.45, 2.75) is 19.4 Å². The van der Waals surface area contributed by atoms with Crippen molar-refractivity contribution in [3.8, 4) is 0 Å². The highest BCUT2D eigenvalue weighted by atomic mass is 16.5. The average molecular weight is 215 g/mol. The Hall–Kier alpha value is -1.36. The lowest BCUT2D eigenvalue weighted by Crippen LogP contribution is -2.35. The van der Waals surface area contributed by atoms with Crippen molar-refractivity contribution < 1.29 is 19.4 Å². The largest absolute Gasteiger partial charge is 0.481 e. The van der Waals surface area contributed by atoms with Crippen molar-refractivity contribution >= 4 is 11.9 Å². The summed E-state index contributed by atoms with van der Waals surface area (Å²) in [7, 11) is 3.48. The quantitative estimate of drug-likeness (QED) is 0.516. The van der Waals surface area contributed by atoms with E-state index >= 15 is 0 Å².